The number of pyridine rings is 2. The van der Waals surface area contributed by atoms with E-state index in [0.717, 1.165) is 81.5 Å². The minimum atomic E-state index is -4.59. The van der Waals surface area contributed by atoms with Gasteiger partial charge in [-0.05, 0) is 111 Å². The Hall–Kier alpha value is -5.54. The predicted octanol–water partition coefficient (Wildman–Crippen LogP) is 9.33. The maximum atomic E-state index is 13.9. The number of carbonyl (C=O) groups excluding carboxylic acids is 1. The number of fused-ring (bicyclic) bond motifs is 1. The molecular formula is C47H56N8O6S. The Morgan fingerprint density at radius 1 is 1.02 bits per heavy atom. The molecule has 2 aromatic carbocycles. The summed E-state index contributed by atoms with van der Waals surface area (Å²) in [6.07, 6.45) is 13.1. The zero-order valence-electron chi connectivity index (χ0n) is 35.9. The second kappa shape index (κ2) is 16.3. The summed E-state index contributed by atoms with van der Waals surface area (Å²) < 4.78 is 35.8. The molecule has 62 heavy (non-hydrogen) atoms. The van der Waals surface area contributed by atoms with Crippen molar-refractivity contribution in [1.29, 1.82) is 0 Å². The number of rotatable bonds is 13. The van der Waals surface area contributed by atoms with Gasteiger partial charge in [0.2, 0.25) is 5.82 Å². The van der Waals surface area contributed by atoms with E-state index in [-0.39, 0.29) is 28.0 Å². The van der Waals surface area contributed by atoms with Crippen LogP contribution in [0.25, 0.3) is 11.0 Å². The minimum absolute atomic E-state index is 0.0118. The number of benzene rings is 2. The lowest BCUT2D eigenvalue weighted by Gasteiger charge is -2.62. The molecule has 3 aromatic heterocycles. The molecule has 4 aliphatic rings. The Bertz CT molecular complexity index is 2600. The Kier molecular flexibility index (Phi) is 11.0. The second-order valence-corrected chi connectivity index (χ2v) is 20.9. The highest BCUT2D eigenvalue weighted by Crippen LogP contribution is 2.54. The molecule has 0 radical (unpaired) electrons. The van der Waals surface area contributed by atoms with E-state index in [4.69, 9.17) is 4.74 Å². The zero-order valence-corrected chi connectivity index (χ0v) is 36.7. The zero-order chi connectivity index (χ0) is 43.4. The highest BCUT2D eigenvalue weighted by Gasteiger charge is 2.55. The van der Waals surface area contributed by atoms with E-state index < -0.39 is 31.4 Å². The van der Waals surface area contributed by atoms with Crippen molar-refractivity contribution in [1.82, 2.24) is 24.6 Å². The molecule has 9 rings (SSSR count). The number of amides is 1. The standard InChI is InChI=1S/C47H56N8O6S/c1-30(2)37-8-5-6-9-38(37)40-10-7-19-54(40)34-23-47(24-34)28-53(29-47)33-11-12-39(42(21-33)61-35-20-32-15-18-48-43(32)50-26-35)45(56)52-62(59,60)36-22-41(55(57)58)44(51-27-36)49-25-31-13-16-46(3,4)17-14-31/h5-6,8-9,11-12,15,18,20-22,26-27,30-31,34,40H,7,10,13-14,16-17,19,23-25,28-29H2,1-4H3,(H,48,50)(H,49,51)(H,52,56)/t40-/m1/s1. The first-order chi connectivity index (χ1) is 29.7. The van der Waals surface area contributed by atoms with Gasteiger partial charge >= 0.3 is 5.69 Å². The molecule has 0 bridgehead atoms. The van der Waals surface area contributed by atoms with E-state index >= 15 is 0 Å². The number of anilines is 2. The third-order valence-corrected chi connectivity index (χ3v) is 15.2. The maximum Gasteiger partial charge on any atom is 0.312 e. The summed E-state index contributed by atoms with van der Waals surface area (Å²) in [5.74, 6) is 0.366. The van der Waals surface area contributed by atoms with Crippen molar-refractivity contribution in [3.05, 3.63) is 106 Å². The molecule has 14 nitrogen and oxygen atoms in total. The number of nitrogens with one attached hydrogen (secondary N) is 3. The first kappa shape index (κ1) is 41.8. The molecule has 2 saturated heterocycles. The Morgan fingerprint density at radius 2 is 1.79 bits per heavy atom. The normalized spacial score (nSPS) is 20.3. The fraction of sp³-hybridized carbons (Fsp3) is 0.468. The molecular weight excluding hydrogens is 805 g/mol. The summed E-state index contributed by atoms with van der Waals surface area (Å²) in [5, 5.41) is 16.0. The van der Waals surface area contributed by atoms with E-state index in [0.29, 0.717) is 41.9 Å². The largest absolute Gasteiger partial charge is 0.455 e. The summed E-state index contributed by atoms with van der Waals surface area (Å²) in [6.45, 7) is 12.4. The number of nitro groups is 1. The van der Waals surface area contributed by atoms with Crippen LogP contribution >= 0.6 is 0 Å². The number of carbonyl (C=O) groups is 1. The number of hydrogen-bond donors (Lipinski definition) is 3. The molecule has 3 N–H and O–H groups in total. The van der Waals surface area contributed by atoms with Crippen LogP contribution in [0.4, 0.5) is 17.2 Å². The van der Waals surface area contributed by atoms with Crippen molar-refractivity contribution in [2.75, 3.05) is 36.4 Å². The van der Waals surface area contributed by atoms with Crippen LogP contribution in [0.15, 0.2) is 84.1 Å². The first-order valence-electron chi connectivity index (χ1n) is 22.0. The molecule has 5 aromatic rings. The first-order valence-corrected chi connectivity index (χ1v) is 23.4. The van der Waals surface area contributed by atoms with Crippen molar-refractivity contribution in [3.63, 3.8) is 0 Å². The lowest BCUT2D eigenvalue weighted by Crippen LogP contribution is -2.66. The van der Waals surface area contributed by atoms with Crippen molar-refractivity contribution in [2.24, 2.45) is 16.7 Å². The Morgan fingerprint density at radius 3 is 2.55 bits per heavy atom. The molecule has 2 aliphatic heterocycles. The van der Waals surface area contributed by atoms with Crippen LogP contribution in [-0.2, 0) is 10.0 Å². The van der Waals surface area contributed by atoms with Gasteiger partial charge in [0.05, 0.1) is 22.9 Å². The highest BCUT2D eigenvalue weighted by molar-refractivity contribution is 7.90. The summed E-state index contributed by atoms with van der Waals surface area (Å²) in [5.41, 5.74) is 4.44. The molecule has 4 fully saturated rings. The van der Waals surface area contributed by atoms with E-state index in [1.54, 1.807) is 24.4 Å². The van der Waals surface area contributed by atoms with Crippen molar-refractivity contribution >= 4 is 44.2 Å². The van der Waals surface area contributed by atoms with Gasteiger partial charge in [0.25, 0.3) is 15.9 Å². The number of ether oxygens (including phenoxy) is 1. The van der Waals surface area contributed by atoms with Crippen LogP contribution in [0, 0.1) is 26.9 Å². The molecule has 2 aliphatic carbocycles. The van der Waals surface area contributed by atoms with Crippen LogP contribution in [0.5, 0.6) is 11.5 Å². The number of likely N-dealkylation sites (tertiary alicyclic amines) is 1. The van der Waals surface area contributed by atoms with Crippen molar-refractivity contribution < 1.29 is 22.9 Å². The fourth-order valence-corrected chi connectivity index (χ4v) is 11.3. The van der Waals surface area contributed by atoms with Gasteiger partial charge in [-0.2, -0.15) is 0 Å². The molecule has 326 valence electrons. The van der Waals surface area contributed by atoms with Crippen LogP contribution < -0.4 is 19.7 Å². The molecule has 1 atom stereocenters. The molecule has 2 saturated carbocycles. The van der Waals surface area contributed by atoms with Crippen LogP contribution in [0.1, 0.15) is 113 Å². The number of aromatic amines is 1. The van der Waals surface area contributed by atoms with Gasteiger partial charge in [0.1, 0.15) is 22.0 Å². The van der Waals surface area contributed by atoms with Gasteiger partial charge in [0, 0.05) is 66.5 Å². The van der Waals surface area contributed by atoms with Gasteiger partial charge in [-0.3, -0.25) is 19.8 Å². The lowest BCUT2D eigenvalue weighted by molar-refractivity contribution is -0.384. The summed E-state index contributed by atoms with van der Waals surface area (Å²) >= 11 is 0. The average Bonchev–Trinajstić information content (AvgIpc) is 3.89. The van der Waals surface area contributed by atoms with E-state index in [1.807, 2.05) is 12.1 Å². The van der Waals surface area contributed by atoms with Crippen molar-refractivity contribution in [3.8, 4) is 11.5 Å². The molecule has 15 heteroatoms. The average molecular weight is 861 g/mol. The van der Waals surface area contributed by atoms with Gasteiger partial charge in [-0.1, -0.05) is 52.0 Å². The van der Waals surface area contributed by atoms with Crippen LogP contribution in [0.3, 0.4) is 0 Å². The molecule has 0 unspecified atom stereocenters. The third-order valence-electron chi connectivity index (χ3n) is 13.9. The highest BCUT2D eigenvalue weighted by atomic mass is 32.2. The van der Waals surface area contributed by atoms with E-state index in [1.165, 1.54) is 30.2 Å². The topological polar surface area (TPSA) is 176 Å². The number of sulfonamides is 1. The number of aromatic nitrogens is 3. The SMILES string of the molecule is CC(C)c1ccccc1[C@H]1CCCN1C1CC2(C1)CN(c1ccc(C(=O)NS(=O)(=O)c3cnc(NCC4CCC(C)(C)CC4)c([N+](=O)[O-])c3)c(Oc3cnc4[nH]ccc4c3)c1)C2. The Balaban J connectivity index is 0.903. The summed E-state index contributed by atoms with van der Waals surface area (Å²) in [4.78, 5) is 41.5. The number of hydrogen-bond acceptors (Lipinski definition) is 11. The lowest BCUT2D eigenvalue weighted by atomic mass is 9.60. The number of nitrogens with zero attached hydrogens (tertiary/aromatic N) is 5. The monoisotopic (exact) mass is 860 g/mol. The molecule has 1 spiro atoms. The quantitative estimate of drug-likeness (QED) is 0.0760. The molecule has 5 heterocycles. The summed E-state index contributed by atoms with van der Waals surface area (Å²) in [6, 6.07) is 19.7. The third kappa shape index (κ3) is 8.36. The fourth-order valence-electron chi connectivity index (χ4n) is 10.4. The summed E-state index contributed by atoms with van der Waals surface area (Å²) in [7, 11) is -4.59. The van der Waals surface area contributed by atoms with Crippen molar-refractivity contribution in [2.45, 2.75) is 102 Å². The van der Waals surface area contributed by atoms with E-state index in [9.17, 15) is 23.3 Å². The minimum Gasteiger partial charge on any atom is -0.455 e. The van der Waals surface area contributed by atoms with Gasteiger partial charge in [0.15, 0.2) is 0 Å². The van der Waals surface area contributed by atoms with E-state index in [2.05, 4.69) is 86.8 Å². The van der Waals surface area contributed by atoms with Crippen LogP contribution in [-0.4, -0.2) is 71.3 Å². The van der Waals surface area contributed by atoms with Crippen LogP contribution in [0.2, 0.25) is 0 Å². The maximum absolute atomic E-state index is 13.9. The smallest absolute Gasteiger partial charge is 0.312 e. The molecule has 1 amide bonds. The van der Waals surface area contributed by atoms with Gasteiger partial charge in [-0.25, -0.2) is 23.1 Å². The van der Waals surface area contributed by atoms with Gasteiger partial charge in [-0.15, -0.1) is 0 Å². The van der Waals surface area contributed by atoms with Gasteiger partial charge < -0.3 is 19.9 Å². The second-order valence-electron chi connectivity index (χ2n) is 19.2. The predicted molar refractivity (Wildman–Crippen MR) is 239 cm³/mol. The Labute approximate surface area is 363 Å². The number of H-pyrrole nitrogens is 1.